The van der Waals surface area contributed by atoms with Crippen molar-refractivity contribution in [3.05, 3.63) is 23.2 Å². The van der Waals surface area contributed by atoms with Gasteiger partial charge in [-0.3, -0.25) is 4.79 Å². The fraction of sp³-hybridized carbons (Fsp3) is 0.533. The Kier molecular flexibility index (Phi) is 5.22. The number of carbonyl (C=O) groups is 1. The van der Waals surface area contributed by atoms with Crippen molar-refractivity contribution in [2.75, 3.05) is 24.6 Å². The van der Waals surface area contributed by atoms with Crippen molar-refractivity contribution >= 4 is 35.0 Å². The molecule has 3 nitrogen and oxygen atoms in total. The number of anilines is 1. The molecule has 0 saturated carbocycles. The van der Waals surface area contributed by atoms with Crippen LogP contribution in [0.3, 0.4) is 0 Å². The molecule has 0 spiro atoms. The van der Waals surface area contributed by atoms with Crippen LogP contribution in [-0.4, -0.2) is 29.6 Å². The normalized spacial score (nSPS) is 22.9. The van der Waals surface area contributed by atoms with Crippen molar-refractivity contribution in [3.63, 3.8) is 0 Å². The van der Waals surface area contributed by atoms with Gasteiger partial charge in [-0.15, -0.1) is 11.8 Å². The number of thioether (sulfide) groups is 1. The zero-order valence-corrected chi connectivity index (χ0v) is 13.5. The summed E-state index contributed by atoms with van der Waals surface area (Å²) in [5.41, 5.74) is 6.53. The standard InChI is InChI=1S/C15H21ClN2OS/c1-10-6-11(2)8-18(7-10)14(19)9-20-15-12(16)4-3-5-13(15)17/h3-5,10-11H,6-9,17H2,1-2H3. The van der Waals surface area contributed by atoms with Crippen LogP contribution in [0.25, 0.3) is 0 Å². The number of rotatable bonds is 3. The molecule has 1 aromatic carbocycles. The van der Waals surface area contributed by atoms with Crippen LogP contribution in [0.2, 0.25) is 5.02 Å². The third-order valence-electron chi connectivity index (χ3n) is 3.56. The van der Waals surface area contributed by atoms with E-state index in [4.69, 9.17) is 17.3 Å². The van der Waals surface area contributed by atoms with Gasteiger partial charge in [0.15, 0.2) is 0 Å². The number of halogens is 1. The Morgan fingerprint density at radius 2 is 2.05 bits per heavy atom. The van der Waals surface area contributed by atoms with Gasteiger partial charge in [-0.1, -0.05) is 31.5 Å². The lowest BCUT2D eigenvalue weighted by Gasteiger charge is -2.35. The topological polar surface area (TPSA) is 46.3 Å². The minimum atomic E-state index is 0.174. The molecule has 1 amide bonds. The van der Waals surface area contributed by atoms with Gasteiger partial charge in [-0.25, -0.2) is 0 Å². The van der Waals surface area contributed by atoms with Crippen LogP contribution in [0.5, 0.6) is 0 Å². The molecule has 1 saturated heterocycles. The predicted octanol–water partition coefficient (Wildman–Crippen LogP) is 3.52. The minimum absolute atomic E-state index is 0.174. The van der Waals surface area contributed by atoms with E-state index < -0.39 is 0 Å². The molecule has 110 valence electrons. The number of hydrogen-bond donors (Lipinski definition) is 1. The Balaban J connectivity index is 1.95. The van der Waals surface area contributed by atoms with E-state index in [-0.39, 0.29) is 5.91 Å². The number of nitrogen functional groups attached to an aromatic ring is 1. The second kappa shape index (κ2) is 6.72. The summed E-state index contributed by atoms with van der Waals surface area (Å²) >= 11 is 7.55. The van der Waals surface area contributed by atoms with Crippen molar-refractivity contribution in [1.82, 2.24) is 4.90 Å². The molecule has 2 N–H and O–H groups in total. The minimum Gasteiger partial charge on any atom is -0.398 e. The van der Waals surface area contributed by atoms with Crippen LogP contribution in [0, 0.1) is 11.8 Å². The first-order valence-corrected chi connectivity index (χ1v) is 8.28. The highest BCUT2D eigenvalue weighted by Crippen LogP contribution is 2.33. The Morgan fingerprint density at radius 1 is 1.40 bits per heavy atom. The van der Waals surface area contributed by atoms with E-state index >= 15 is 0 Å². The van der Waals surface area contributed by atoms with E-state index in [1.165, 1.54) is 18.2 Å². The summed E-state index contributed by atoms with van der Waals surface area (Å²) in [5.74, 6) is 1.73. The molecule has 1 aromatic rings. The van der Waals surface area contributed by atoms with E-state index in [1.807, 2.05) is 17.0 Å². The summed E-state index contributed by atoms with van der Waals surface area (Å²) < 4.78 is 0. The summed E-state index contributed by atoms with van der Waals surface area (Å²) in [7, 11) is 0. The number of hydrogen-bond acceptors (Lipinski definition) is 3. The molecule has 1 aliphatic heterocycles. The van der Waals surface area contributed by atoms with Crippen LogP contribution in [-0.2, 0) is 4.79 Å². The molecule has 2 atom stereocenters. The number of benzene rings is 1. The second-order valence-corrected chi connectivity index (χ2v) is 7.08. The SMILES string of the molecule is CC1CC(C)CN(C(=O)CSc2c(N)cccc2Cl)C1. The molecule has 1 aliphatic rings. The molecule has 0 aliphatic carbocycles. The van der Waals surface area contributed by atoms with Gasteiger partial charge in [-0.05, 0) is 30.4 Å². The third kappa shape index (κ3) is 3.83. The number of nitrogens with zero attached hydrogens (tertiary/aromatic N) is 1. The largest absolute Gasteiger partial charge is 0.398 e. The van der Waals surface area contributed by atoms with Gasteiger partial charge < -0.3 is 10.6 Å². The molecule has 5 heteroatoms. The van der Waals surface area contributed by atoms with Crippen molar-refractivity contribution < 1.29 is 4.79 Å². The molecule has 0 radical (unpaired) electrons. The Labute approximate surface area is 129 Å². The molecule has 0 bridgehead atoms. The van der Waals surface area contributed by atoms with Gasteiger partial charge >= 0.3 is 0 Å². The third-order valence-corrected chi connectivity index (χ3v) is 5.12. The first-order chi connectivity index (χ1) is 9.47. The molecular weight excluding hydrogens is 292 g/mol. The van der Waals surface area contributed by atoms with E-state index in [0.29, 0.717) is 28.3 Å². The summed E-state index contributed by atoms with van der Waals surface area (Å²) in [6.45, 7) is 6.13. The van der Waals surface area contributed by atoms with Gasteiger partial charge in [-0.2, -0.15) is 0 Å². The number of nitrogens with two attached hydrogens (primary N) is 1. The number of piperidine rings is 1. The van der Waals surface area contributed by atoms with Crippen LogP contribution in [0.15, 0.2) is 23.1 Å². The molecule has 0 aromatic heterocycles. The fourth-order valence-corrected chi connectivity index (χ4v) is 4.01. The molecular formula is C15H21ClN2OS. The maximum absolute atomic E-state index is 12.3. The fourth-order valence-electron chi connectivity index (χ4n) is 2.77. The zero-order chi connectivity index (χ0) is 14.7. The zero-order valence-electron chi connectivity index (χ0n) is 11.9. The Hall–Kier alpha value is -0.870. The van der Waals surface area contributed by atoms with Crippen molar-refractivity contribution in [2.24, 2.45) is 11.8 Å². The Morgan fingerprint density at radius 3 is 2.65 bits per heavy atom. The average molecular weight is 313 g/mol. The quantitative estimate of drug-likeness (QED) is 0.686. The van der Waals surface area contributed by atoms with Crippen LogP contribution >= 0.6 is 23.4 Å². The van der Waals surface area contributed by atoms with Crippen molar-refractivity contribution in [2.45, 2.75) is 25.2 Å². The summed E-state index contributed by atoms with van der Waals surface area (Å²) in [4.78, 5) is 15.1. The number of amides is 1. The maximum Gasteiger partial charge on any atom is 0.232 e. The molecule has 2 unspecified atom stereocenters. The average Bonchev–Trinajstić information content (AvgIpc) is 2.36. The van der Waals surface area contributed by atoms with Crippen molar-refractivity contribution in [1.29, 1.82) is 0 Å². The lowest BCUT2D eigenvalue weighted by Crippen LogP contribution is -2.43. The lowest BCUT2D eigenvalue weighted by atomic mass is 9.92. The van der Waals surface area contributed by atoms with E-state index in [9.17, 15) is 4.79 Å². The first kappa shape index (κ1) is 15.5. The van der Waals surface area contributed by atoms with E-state index in [2.05, 4.69) is 13.8 Å². The highest BCUT2D eigenvalue weighted by atomic mass is 35.5. The van der Waals surface area contributed by atoms with Gasteiger partial charge in [0, 0.05) is 23.7 Å². The molecule has 1 fully saturated rings. The van der Waals surface area contributed by atoms with Gasteiger partial charge in [0.2, 0.25) is 5.91 Å². The number of likely N-dealkylation sites (tertiary alicyclic amines) is 1. The summed E-state index contributed by atoms with van der Waals surface area (Å²) in [5, 5.41) is 0.614. The van der Waals surface area contributed by atoms with Crippen LogP contribution in [0.1, 0.15) is 20.3 Å². The molecule has 20 heavy (non-hydrogen) atoms. The highest BCUT2D eigenvalue weighted by Gasteiger charge is 2.25. The van der Waals surface area contributed by atoms with E-state index in [1.54, 1.807) is 6.07 Å². The Bertz CT molecular complexity index is 465. The summed E-state index contributed by atoms with van der Waals surface area (Å²) in [6.07, 6.45) is 1.20. The summed E-state index contributed by atoms with van der Waals surface area (Å²) in [6, 6.07) is 5.43. The van der Waals surface area contributed by atoms with Crippen molar-refractivity contribution in [3.8, 4) is 0 Å². The number of carbonyl (C=O) groups excluding carboxylic acids is 1. The molecule has 2 rings (SSSR count). The van der Waals surface area contributed by atoms with Gasteiger partial charge in [0.25, 0.3) is 0 Å². The van der Waals surface area contributed by atoms with Crippen LogP contribution in [0.4, 0.5) is 5.69 Å². The van der Waals surface area contributed by atoms with Gasteiger partial charge in [0.05, 0.1) is 10.8 Å². The highest BCUT2D eigenvalue weighted by molar-refractivity contribution is 8.00. The maximum atomic E-state index is 12.3. The van der Waals surface area contributed by atoms with Gasteiger partial charge in [0.1, 0.15) is 0 Å². The second-order valence-electron chi connectivity index (χ2n) is 5.69. The van der Waals surface area contributed by atoms with Crippen LogP contribution < -0.4 is 5.73 Å². The molecule has 1 heterocycles. The van der Waals surface area contributed by atoms with E-state index in [0.717, 1.165) is 18.0 Å². The monoisotopic (exact) mass is 312 g/mol. The first-order valence-electron chi connectivity index (χ1n) is 6.92. The smallest absolute Gasteiger partial charge is 0.232 e. The predicted molar refractivity (Wildman–Crippen MR) is 86.1 cm³/mol. The lowest BCUT2D eigenvalue weighted by molar-refractivity contribution is -0.130.